The quantitative estimate of drug-likeness (QED) is 0.695. The van der Waals surface area contributed by atoms with Gasteiger partial charge in [0.2, 0.25) is 0 Å². The van der Waals surface area contributed by atoms with Crippen LogP contribution in [0.1, 0.15) is 29.8 Å². The first-order valence-corrected chi connectivity index (χ1v) is 8.33. The van der Waals surface area contributed by atoms with Crippen molar-refractivity contribution >= 4 is 11.6 Å². The highest BCUT2D eigenvalue weighted by Gasteiger charge is 2.17. The van der Waals surface area contributed by atoms with Crippen LogP contribution in [0.3, 0.4) is 0 Å². The third-order valence-electron chi connectivity index (χ3n) is 4.14. The summed E-state index contributed by atoms with van der Waals surface area (Å²) in [6.45, 7) is 4.13. The molecule has 0 aliphatic carbocycles. The predicted octanol–water partition coefficient (Wildman–Crippen LogP) is 4.96. The molecule has 0 aliphatic rings. The van der Waals surface area contributed by atoms with E-state index in [2.05, 4.69) is 10.4 Å². The number of halogens is 3. The minimum atomic E-state index is -0.587. The van der Waals surface area contributed by atoms with E-state index in [9.17, 15) is 8.78 Å². The van der Waals surface area contributed by atoms with Gasteiger partial charge in [0.25, 0.3) is 0 Å². The van der Waals surface area contributed by atoms with Gasteiger partial charge >= 0.3 is 0 Å². The highest BCUT2D eigenvalue weighted by molar-refractivity contribution is 6.30. The van der Waals surface area contributed by atoms with Crippen molar-refractivity contribution in [2.45, 2.75) is 26.4 Å². The van der Waals surface area contributed by atoms with Gasteiger partial charge in [-0.05, 0) is 32.0 Å². The van der Waals surface area contributed by atoms with Gasteiger partial charge in [-0.15, -0.1) is 0 Å². The Kier molecular flexibility index (Phi) is 5.16. The maximum Gasteiger partial charge on any atom is 0.137 e. The number of nitrogens with one attached hydrogen (secondary N) is 1. The van der Waals surface area contributed by atoms with E-state index in [4.69, 9.17) is 11.6 Å². The minimum Gasteiger partial charge on any atom is -0.306 e. The van der Waals surface area contributed by atoms with Crippen LogP contribution in [0.15, 0.2) is 48.5 Å². The molecule has 3 rings (SSSR count). The van der Waals surface area contributed by atoms with Crippen molar-refractivity contribution in [1.29, 1.82) is 0 Å². The summed E-state index contributed by atoms with van der Waals surface area (Å²) in [4.78, 5) is 0. The van der Waals surface area contributed by atoms with Crippen molar-refractivity contribution in [2.24, 2.45) is 0 Å². The molecule has 0 saturated carbocycles. The average Bonchev–Trinajstić information content (AvgIpc) is 2.88. The van der Waals surface area contributed by atoms with Gasteiger partial charge in [-0.3, -0.25) is 0 Å². The first-order chi connectivity index (χ1) is 12.0. The lowest BCUT2D eigenvalue weighted by atomic mass is 10.1. The number of para-hydroxylation sites is 1. The molecule has 0 unspecified atom stereocenters. The second-order valence-corrected chi connectivity index (χ2v) is 6.23. The van der Waals surface area contributed by atoms with Gasteiger partial charge < -0.3 is 5.32 Å². The zero-order chi connectivity index (χ0) is 18.0. The molecular formula is C19H18ClF2N3. The molecule has 0 radical (unpaired) electrons. The maximum absolute atomic E-state index is 13.9. The number of hydrogen-bond donors (Lipinski definition) is 1. The SMILES string of the molecule is Cc1nn(-c2ccccc2)c(Cl)c1CN[C@H](C)c1ccc(F)cc1F. The predicted molar refractivity (Wildman–Crippen MR) is 94.9 cm³/mol. The van der Waals surface area contributed by atoms with E-state index in [-0.39, 0.29) is 6.04 Å². The van der Waals surface area contributed by atoms with Gasteiger partial charge in [-0.2, -0.15) is 5.10 Å². The largest absolute Gasteiger partial charge is 0.306 e. The molecule has 0 amide bonds. The average molecular weight is 362 g/mol. The molecule has 1 aromatic heterocycles. The molecule has 0 aliphatic heterocycles. The summed E-state index contributed by atoms with van der Waals surface area (Å²) < 4.78 is 28.6. The van der Waals surface area contributed by atoms with Gasteiger partial charge in [0.1, 0.15) is 16.8 Å². The van der Waals surface area contributed by atoms with E-state index in [1.54, 1.807) is 4.68 Å². The molecule has 25 heavy (non-hydrogen) atoms. The summed E-state index contributed by atoms with van der Waals surface area (Å²) in [6, 6.07) is 12.9. The molecule has 6 heteroatoms. The summed E-state index contributed by atoms with van der Waals surface area (Å²) in [5.74, 6) is -1.15. The van der Waals surface area contributed by atoms with Crippen LogP contribution < -0.4 is 5.32 Å². The van der Waals surface area contributed by atoms with E-state index < -0.39 is 11.6 Å². The summed E-state index contributed by atoms with van der Waals surface area (Å²) in [6.07, 6.45) is 0. The van der Waals surface area contributed by atoms with Crippen LogP contribution in [0.4, 0.5) is 8.78 Å². The van der Waals surface area contributed by atoms with Crippen LogP contribution in [0.5, 0.6) is 0 Å². The smallest absolute Gasteiger partial charge is 0.137 e. The Labute approximate surface area is 150 Å². The van der Waals surface area contributed by atoms with Crippen LogP contribution in [0.2, 0.25) is 5.15 Å². The topological polar surface area (TPSA) is 29.9 Å². The van der Waals surface area contributed by atoms with Crippen LogP contribution in [0.25, 0.3) is 5.69 Å². The van der Waals surface area contributed by atoms with Crippen molar-refractivity contribution in [3.8, 4) is 5.69 Å². The molecule has 0 fully saturated rings. The number of aryl methyl sites for hydroxylation is 1. The van der Waals surface area contributed by atoms with Crippen LogP contribution in [-0.2, 0) is 6.54 Å². The molecule has 1 heterocycles. The summed E-state index contributed by atoms with van der Waals surface area (Å²) in [5.41, 5.74) is 2.93. The van der Waals surface area contributed by atoms with Crippen molar-refractivity contribution in [3.63, 3.8) is 0 Å². The lowest BCUT2D eigenvalue weighted by Crippen LogP contribution is -2.19. The molecule has 3 aromatic rings. The molecule has 3 nitrogen and oxygen atoms in total. The van der Waals surface area contributed by atoms with Crippen molar-refractivity contribution in [2.75, 3.05) is 0 Å². The van der Waals surface area contributed by atoms with Crippen molar-refractivity contribution in [3.05, 3.63) is 82.1 Å². The monoisotopic (exact) mass is 361 g/mol. The zero-order valence-corrected chi connectivity index (χ0v) is 14.7. The van der Waals surface area contributed by atoms with Gasteiger partial charge in [-0.1, -0.05) is 35.9 Å². The normalized spacial score (nSPS) is 12.4. The second-order valence-electron chi connectivity index (χ2n) is 5.87. The fourth-order valence-electron chi connectivity index (χ4n) is 2.69. The summed E-state index contributed by atoms with van der Waals surface area (Å²) in [7, 11) is 0. The highest BCUT2D eigenvalue weighted by Crippen LogP contribution is 2.25. The summed E-state index contributed by atoms with van der Waals surface area (Å²) >= 11 is 6.48. The Morgan fingerprint density at radius 3 is 2.56 bits per heavy atom. The number of rotatable bonds is 5. The van der Waals surface area contributed by atoms with E-state index >= 15 is 0 Å². The molecule has 2 aromatic carbocycles. The van der Waals surface area contributed by atoms with E-state index in [1.807, 2.05) is 44.2 Å². The number of nitrogens with zero attached hydrogens (tertiary/aromatic N) is 2. The Morgan fingerprint density at radius 2 is 1.88 bits per heavy atom. The number of benzene rings is 2. The standard InChI is InChI=1S/C19H18ClF2N3/c1-12(16-9-8-14(21)10-18(16)22)23-11-17-13(2)24-25(19(17)20)15-6-4-3-5-7-15/h3-10,12,23H,11H2,1-2H3/t12-/m1/s1. The fraction of sp³-hybridized carbons (Fsp3) is 0.211. The van der Waals surface area contributed by atoms with Gasteiger partial charge in [-0.25, -0.2) is 13.5 Å². The molecule has 1 atom stereocenters. The Balaban J connectivity index is 1.78. The van der Waals surface area contributed by atoms with Crippen LogP contribution in [-0.4, -0.2) is 9.78 Å². The van der Waals surface area contributed by atoms with Crippen molar-refractivity contribution < 1.29 is 8.78 Å². The van der Waals surface area contributed by atoms with Crippen LogP contribution >= 0.6 is 11.6 Å². The Morgan fingerprint density at radius 1 is 1.16 bits per heavy atom. The number of hydrogen-bond acceptors (Lipinski definition) is 2. The van der Waals surface area contributed by atoms with Gasteiger partial charge in [0.15, 0.2) is 0 Å². The Bertz CT molecular complexity index is 878. The minimum absolute atomic E-state index is 0.295. The molecule has 130 valence electrons. The lowest BCUT2D eigenvalue weighted by Gasteiger charge is -2.15. The second kappa shape index (κ2) is 7.33. The third-order valence-corrected chi connectivity index (χ3v) is 4.52. The third kappa shape index (κ3) is 3.72. The summed E-state index contributed by atoms with van der Waals surface area (Å²) in [5, 5.41) is 8.22. The zero-order valence-electron chi connectivity index (χ0n) is 13.9. The highest BCUT2D eigenvalue weighted by atomic mass is 35.5. The molecule has 1 N–H and O–H groups in total. The molecule has 0 spiro atoms. The van der Waals surface area contributed by atoms with E-state index in [0.29, 0.717) is 17.3 Å². The van der Waals surface area contributed by atoms with Crippen molar-refractivity contribution in [1.82, 2.24) is 15.1 Å². The Hall–Kier alpha value is -2.24. The van der Waals surface area contributed by atoms with Gasteiger partial charge in [0.05, 0.1) is 11.4 Å². The fourth-order valence-corrected chi connectivity index (χ4v) is 3.03. The molecular weight excluding hydrogens is 344 g/mol. The van der Waals surface area contributed by atoms with Crippen LogP contribution in [0, 0.1) is 18.6 Å². The molecule has 0 bridgehead atoms. The maximum atomic E-state index is 13.9. The van der Waals surface area contributed by atoms with E-state index in [0.717, 1.165) is 23.0 Å². The lowest BCUT2D eigenvalue weighted by molar-refractivity contribution is 0.517. The first-order valence-electron chi connectivity index (χ1n) is 7.95. The number of aromatic nitrogens is 2. The van der Waals surface area contributed by atoms with Gasteiger partial charge in [0, 0.05) is 29.8 Å². The van der Waals surface area contributed by atoms with E-state index in [1.165, 1.54) is 12.1 Å². The molecule has 0 saturated heterocycles. The first kappa shape index (κ1) is 17.6.